The summed E-state index contributed by atoms with van der Waals surface area (Å²) in [5.74, 6) is 2.03. The highest BCUT2D eigenvalue weighted by atomic mass is 127. The number of halogens is 1. The quantitative estimate of drug-likeness (QED) is 0.241. The van der Waals surface area contributed by atoms with Gasteiger partial charge in [0.05, 0.1) is 19.8 Å². The summed E-state index contributed by atoms with van der Waals surface area (Å²) >= 11 is 0. The van der Waals surface area contributed by atoms with E-state index in [1.807, 2.05) is 43.3 Å². The molecule has 3 rings (SSSR count). The van der Waals surface area contributed by atoms with Crippen molar-refractivity contribution >= 4 is 41.5 Å². The lowest BCUT2D eigenvalue weighted by Crippen LogP contribution is -2.32. The van der Waals surface area contributed by atoms with Crippen molar-refractivity contribution in [2.24, 2.45) is 4.99 Å². The van der Waals surface area contributed by atoms with E-state index in [9.17, 15) is 4.79 Å². The maximum Gasteiger partial charge on any atom is 0.251 e. The Labute approximate surface area is 188 Å². The molecule has 8 heteroatoms. The van der Waals surface area contributed by atoms with Gasteiger partial charge in [0.2, 0.25) is 0 Å². The molecule has 1 aliphatic rings. The van der Waals surface area contributed by atoms with E-state index >= 15 is 0 Å². The second kappa shape index (κ2) is 12.2. The molecular formula is C21H27IN4O3. The van der Waals surface area contributed by atoms with Crippen LogP contribution in [-0.2, 0) is 0 Å². The lowest BCUT2D eigenvalue weighted by molar-refractivity contribution is 0.0955. The fourth-order valence-corrected chi connectivity index (χ4v) is 2.71. The van der Waals surface area contributed by atoms with Crippen molar-refractivity contribution in [2.75, 3.05) is 38.2 Å². The van der Waals surface area contributed by atoms with Gasteiger partial charge in [-0.1, -0.05) is 18.2 Å². The van der Waals surface area contributed by atoms with Crippen molar-refractivity contribution in [1.82, 2.24) is 10.6 Å². The first kappa shape index (κ1) is 22.8. The molecule has 0 unspecified atom stereocenters. The van der Waals surface area contributed by atoms with Crippen LogP contribution in [0.25, 0.3) is 0 Å². The number of fused-ring (bicyclic) bond motifs is 1. The summed E-state index contributed by atoms with van der Waals surface area (Å²) in [4.78, 5) is 16.6. The third-order valence-electron chi connectivity index (χ3n) is 4.06. The minimum atomic E-state index is -0.100. The van der Waals surface area contributed by atoms with Crippen molar-refractivity contribution in [1.29, 1.82) is 0 Å². The number of anilines is 1. The van der Waals surface area contributed by atoms with Gasteiger partial charge in [-0.05, 0) is 31.2 Å². The van der Waals surface area contributed by atoms with Gasteiger partial charge in [0, 0.05) is 36.8 Å². The van der Waals surface area contributed by atoms with E-state index in [4.69, 9.17) is 9.47 Å². The maximum atomic E-state index is 12.1. The molecule has 7 nitrogen and oxygen atoms in total. The number of guanidine groups is 1. The highest BCUT2D eigenvalue weighted by Crippen LogP contribution is 2.32. The van der Waals surface area contributed by atoms with E-state index in [1.54, 1.807) is 12.1 Å². The largest absolute Gasteiger partial charge is 0.490 e. The van der Waals surface area contributed by atoms with E-state index in [-0.39, 0.29) is 29.9 Å². The zero-order valence-electron chi connectivity index (χ0n) is 16.4. The summed E-state index contributed by atoms with van der Waals surface area (Å²) in [7, 11) is 0. The molecule has 0 fully saturated rings. The first-order chi connectivity index (χ1) is 13.8. The van der Waals surface area contributed by atoms with Gasteiger partial charge in [-0.25, -0.2) is 0 Å². The molecule has 0 spiro atoms. The zero-order chi connectivity index (χ0) is 19.6. The van der Waals surface area contributed by atoms with Gasteiger partial charge in [-0.15, -0.1) is 24.0 Å². The molecule has 0 saturated carbocycles. The second-order valence-electron chi connectivity index (χ2n) is 6.22. The van der Waals surface area contributed by atoms with E-state index in [0.717, 1.165) is 30.2 Å². The number of nitrogens with zero attached hydrogens (tertiary/aromatic N) is 1. The van der Waals surface area contributed by atoms with Crippen molar-refractivity contribution in [3.8, 4) is 11.5 Å². The van der Waals surface area contributed by atoms with Crippen molar-refractivity contribution in [3.63, 3.8) is 0 Å². The third kappa shape index (κ3) is 7.12. The number of hydrogen-bond donors (Lipinski definition) is 3. The molecule has 1 aliphatic heterocycles. The Balaban J connectivity index is 0.00000300. The Morgan fingerprint density at radius 1 is 1.03 bits per heavy atom. The molecule has 2 aromatic rings. The molecule has 1 heterocycles. The van der Waals surface area contributed by atoms with Gasteiger partial charge in [0.1, 0.15) is 0 Å². The minimum Gasteiger partial charge on any atom is -0.490 e. The summed E-state index contributed by atoms with van der Waals surface area (Å²) in [5, 5.41) is 9.33. The number of amides is 1. The van der Waals surface area contributed by atoms with Gasteiger partial charge in [0.25, 0.3) is 5.91 Å². The van der Waals surface area contributed by atoms with Crippen LogP contribution in [0.5, 0.6) is 11.5 Å². The van der Waals surface area contributed by atoms with Crippen LogP contribution in [0.15, 0.2) is 53.5 Å². The number of hydrogen-bond acceptors (Lipinski definition) is 4. The number of aliphatic imine (C=N–C) groups is 1. The minimum absolute atomic E-state index is 0. The molecule has 0 atom stereocenters. The van der Waals surface area contributed by atoms with Crippen LogP contribution in [0.4, 0.5) is 5.69 Å². The normalized spacial score (nSPS) is 12.9. The Morgan fingerprint density at radius 2 is 1.79 bits per heavy atom. The Kier molecular flexibility index (Phi) is 9.55. The Morgan fingerprint density at radius 3 is 2.55 bits per heavy atom. The first-order valence-corrected chi connectivity index (χ1v) is 9.54. The monoisotopic (exact) mass is 510 g/mol. The van der Waals surface area contributed by atoms with E-state index in [0.29, 0.717) is 37.8 Å². The first-order valence-electron chi connectivity index (χ1n) is 9.54. The van der Waals surface area contributed by atoms with Gasteiger partial charge in [-0.3, -0.25) is 9.79 Å². The second-order valence-corrected chi connectivity index (χ2v) is 6.22. The van der Waals surface area contributed by atoms with Crippen LogP contribution in [0.3, 0.4) is 0 Å². The molecule has 156 valence electrons. The average molecular weight is 510 g/mol. The number of benzene rings is 2. The van der Waals surface area contributed by atoms with Crippen LogP contribution < -0.4 is 25.4 Å². The fourth-order valence-electron chi connectivity index (χ4n) is 2.71. The molecule has 1 amide bonds. The predicted octanol–water partition coefficient (Wildman–Crippen LogP) is 3.27. The van der Waals surface area contributed by atoms with Crippen LogP contribution in [0, 0.1) is 0 Å². The van der Waals surface area contributed by atoms with Crippen molar-refractivity contribution < 1.29 is 14.3 Å². The molecule has 29 heavy (non-hydrogen) atoms. The number of carbonyl (C=O) groups is 1. The lowest BCUT2D eigenvalue weighted by Gasteiger charge is -2.14. The molecule has 0 bridgehead atoms. The molecule has 2 aromatic carbocycles. The standard InChI is InChI=1S/C21H26N4O3.HI/c1-2-22-21(24-12-11-23-20(26)16-7-4-3-5-8-16)25-17-9-10-18-19(15-17)28-14-6-13-27-18;/h3-5,7-10,15H,2,6,11-14H2,1H3,(H,23,26)(H2,22,24,25);1H. The summed E-state index contributed by atoms with van der Waals surface area (Å²) in [6.07, 6.45) is 0.871. The molecule has 0 aliphatic carbocycles. The molecule has 0 aromatic heterocycles. The van der Waals surface area contributed by atoms with Gasteiger partial charge < -0.3 is 25.4 Å². The fraction of sp³-hybridized carbons (Fsp3) is 0.333. The van der Waals surface area contributed by atoms with Crippen LogP contribution in [0.1, 0.15) is 23.7 Å². The third-order valence-corrected chi connectivity index (χ3v) is 4.06. The van der Waals surface area contributed by atoms with Gasteiger partial charge in [-0.2, -0.15) is 0 Å². The molecule has 3 N–H and O–H groups in total. The van der Waals surface area contributed by atoms with Crippen LogP contribution in [-0.4, -0.2) is 44.7 Å². The number of nitrogens with one attached hydrogen (secondary N) is 3. The van der Waals surface area contributed by atoms with E-state index in [1.165, 1.54) is 0 Å². The Bertz CT molecular complexity index is 815. The molecule has 0 radical (unpaired) electrons. The van der Waals surface area contributed by atoms with Gasteiger partial charge in [0.15, 0.2) is 17.5 Å². The van der Waals surface area contributed by atoms with Crippen molar-refractivity contribution in [2.45, 2.75) is 13.3 Å². The van der Waals surface area contributed by atoms with Crippen LogP contribution >= 0.6 is 24.0 Å². The molecule has 0 saturated heterocycles. The summed E-state index contributed by atoms with van der Waals surface area (Å²) < 4.78 is 11.4. The maximum absolute atomic E-state index is 12.1. The Hall–Kier alpha value is -2.49. The predicted molar refractivity (Wildman–Crippen MR) is 126 cm³/mol. The SMILES string of the molecule is CCNC(=NCCNC(=O)c1ccccc1)Nc1ccc2c(c1)OCCCO2.I. The average Bonchev–Trinajstić information content (AvgIpc) is 2.97. The van der Waals surface area contributed by atoms with Gasteiger partial charge >= 0.3 is 0 Å². The highest BCUT2D eigenvalue weighted by molar-refractivity contribution is 14.0. The van der Waals surface area contributed by atoms with E-state index in [2.05, 4.69) is 20.9 Å². The van der Waals surface area contributed by atoms with Crippen molar-refractivity contribution in [3.05, 3.63) is 54.1 Å². The van der Waals surface area contributed by atoms with E-state index < -0.39 is 0 Å². The van der Waals surface area contributed by atoms with Crippen LogP contribution in [0.2, 0.25) is 0 Å². The molecular weight excluding hydrogens is 483 g/mol. The number of ether oxygens (including phenoxy) is 2. The lowest BCUT2D eigenvalue weighted by atomic mass is 10.2. The number of rotatable bonds is 6. The smallest absolute Gasteiger partial charge is 0.251 e. The number of carbonyl (C=O) groups excluding carboxylic acids is 1. The topological polar surface area (TPSA) is 84.0 Å². The summed E-state index contributed by atoms with van der Waals surface area (Å²) in [5.41, 5.74) is 1.50. The highest BCUT2D eigenvalue weighted by Gasteiger charge is 2.11. The summed E-state index contributed by atoms with van der Waals surface area (Å²) in [6, 6.07) is 14.9. The summed E-state index contributed by atoms with van der Waals surface area (Å²) in [6.45, 7) is 4.95. The zero-order valence-corrected chi connectivity index (χ0v) is 18.8.